The Morgan fingerprint density at radius 2 is 1.62 bits per heavy atom. The van der Waals surface area contributed by atoms with Gasteiger partial charge >= 0.3 is 0 Å². The number of carbonyl (C=O) groups is 2. The van der Waals surface area contributed by atoms with Crippen molar-refractivity contribution in [2.24, 2.45) is 0 Å². The minimum Gasteiger partial charge on any atom is -0.494 e. The summed E-state index contributed by atoms with van der Waals surface area (Å²) in [5, 5.41) is 2.91. The topological polar surface area (TPSA) is 61.9 Å². The number of carbonyl (C=O) groups excluding carboxylic acids is 2. The molecule has 164 valence electrons. The van der Waals surface area contributed by atoms with E-state index in [-0.39, 0.29) is 18.2 Å². The molecule has 3 aromatic rings. The van der Waals surface area contributed by atoms with Gasteiger partial charge in [0.1, 0.15) is 5.75 Å². The lowest BCUT2D eigenvalue weighted by molar-refractivity contribution is -0.117. The molecule has 1 heterocycles. The third-order valence-electron chi connectivity index (χ3n) is 5.33. The van der Waals surface area contributed by atoms with Crippen molar-refractivity contribution in [1.82, 2.24) is 4.90 Å². The van der Waals surface area contributed by atoms with E-state index in [1.165, 1.54) is 0 Å². The number of rotatable bonds is 7. The molecule has 1 N–H and O–H groups in total. The highest BCUT2D eigenvalue weighted by molar-refractivity contribution is 6.17. The monoisotopic (exact) mass is 429 g/mol. The number of anilines is 3. The van der Waals surface area contributed by atoms with Gasteiger partial charge in [0.2, 0.25) is 5.91 Å². The molecule has 3 aromatic carbocycles. The van der Waals surface area contributed by atoms with Crippen LogP contribution in [-0.4, -0.2) is 44.0 Å². The van der Waals surface area contributed by atoms with Gasteiger partial charge in [-0.05, 0) is 62.5 Å². The predicted molar refractivity (Wildman–Crippen MR) is 127 cm³/mol. The maximum Gasteiger partial charge on any atom is 0.257 e. The molecule has 4 rings (SSSR count). The number of amides is 2. The Bertz CT molecular complexity index is 1110. The maximum atomic E-state index is 13.5. The van der Waals surface area contributed by atoms with E-state index < -0.39 is 0 Å². The van der Waals surface area contributed by atoms with Crippen molar-refractivity contribution < 1.29 is 14.3 Å². The lowest BCUT2D eigenvalue weighted by atomic mass is 10.1. The molecule has 32 heavy (non-hydrogen) atoms. The van der Waals surface area contributed by atoms with Gasteiger partial charge in [-0.3, -0.25) is 14.5 Å². The largest absolute Gasteiger partial charge is 0.494 e. The van der Waals surface area contributed by atoms with Crippen LogP contribution in [0.2, 0.25) is 0 Å². The van der Waals surface area contributed by atoms with Crippen LogP contribution >= 0.6 is 0 Å². The number of ether oxygens (including phenoxy) is 1. The van der Waals surface area contributed by atoms with Crippen molar-refractivity contribution in [3.05, 3.63) is 83.9 Å². The van der Waals surface area contributed by atoms with Crippen LogP contribution in [0.3, 0.4) is 0 Å². The Balaban J connectivity index is 1.53. The SMILES string of the molecule is CN(C)CCCOc1ccc(CC(=O)N2c3ccccc3NC(=O)c3ccccc32)cc1. The highest BCUT2D eigenvalue weighted by atomic mass is 16.5. The number of fused-ring (bicyclic) bond motifs is 2. The molecule has 0 radical (unpaired) electrons. The number of benzene rings is 3. The molecule has 0 aromatic heterocycles. The van der Waals surface area contributed by atoms with E-state index >= 15 is 0 Å². The first-order valence-corrected chi connectivity index (χ1v) is 10.7. The van der Waals surface area contributed by atoms with Crippen LogP contribution in [0.15, 0.2) is 72.8 Å². The summed E-state index contributed by atoms with van der Waals surface area (Å²) in [6, 6.07) is 22.2. The first-order valence-electron chi connectivity index (χ1n) is 10.7. The summed E-state index contributed by atoms with van der Waals surface area (Å²) in [6.45, 7) is 1.63. The normalized spacial score (nSPS) is 12.6. The maximum absolute atomic E-state index is 13.5. The van der Waals surface area contributed by atoms with Crippen LogP contribution in [0.1, 0.15) is 22.3 Å². The minimum absolute atomic E-state index is 0.110. The second-order valence-electron chi connectivity index (χ2n) is 8.04. The molecular formula is C26H27N3O3. The molecular weight excluding hydrogens is 402 g/mol. The zero-order valence-electron chi connectivity index (χ0n) is 18.4. The van der Waals surface area contributed by atoms with E-state index in [0.717, 1.165) is 24.3 Å². The molecule has 6 heteroatoms. The smallest absolute Gasteiger partial charge is 0.257 e. The molecule has 0 saturated heterocycles. The lowest BCUT2D eigenvalue weighted by Gasteiger charge is -2.24. The lowest BCUT2D eigenvalue weighted by Crippen LogP contribution is -2.28. The molecule has 1 aliphatic heterocycles. The van der Waals surface area contributed by atoms with Gasteiger partial charge < -0.3 is 15.0 Å². The van der Waals surface area contributed by atoms with Gasteiger partial charge in [-0.25, -0.2) is 0 Å². The van der Waals surface area contributed by atoms with Gasteiger partial charge in [0.05, 0.1) is 35.7 Å². The third kappa shape index (κ3) is 4.81. The molecule has 0 unspecified atom stereocenters. The van der Waals surface area contributed by atoms with E-state index in [0.29, 0.717) is 29.2 Å². The number of hydrogen-bond acceptors (Lipinski definition) is 4. The highest BCUT2D eigenvalue weighted by Gasteiger charge is 2.28. The van der Waals surface area contributed by atoms with Crippen molar-refractivity contribution in [3.63, 3.8) is 0 Å². The van der Waals surface area contributed by atoms with Crippen LogP contribution < -0.4 is 15.0 Å². The molecule has 1 aliphatic rings. The minimum atomic E-state index is -0.223. The van der Waals surface area contributed by atoms with Crippen molar-refractivity contribution in [2.75, 3.05) is 37.5 Å². The average Bonchev–Trinajstić information content (AvgIpc) is 2.91. The van der Waals surface area contributed by atoms with Crippen molar-refractivity contribution in [2.45, 2.75) is 12.8 Å². The second kappa shape index (κ2) is 9.66. The van der Waals surface area contributed by atoms with E-state index in [2.05, 4.69) is 10.2 Å². The predicted octanol–water partition coefficient (Wildman–Crippen LogP) is 4.49. The quantitative estimate of drug-likeness (QED) is 0.562. The number of nitrogens with one attached hydrogen (secondary N) is 1. The van der Waals surface area contributed by atoms with Crippen LogP contribution in [-0.2, 0) is 11.2 Å². The Hall–Kier alpha value is -3.64. The number of hydrogen-bond donors (Lipinski definition) is 1. The van der Waals surface area contributed by atoms with Crippen LogP contribution in [0, 0.1) is 0 Å². The summed E-state index contributed by atoms with van der Waals surface area (Å²) in [7, 11) is 4.08. The summed E-state index contributed by atoms with van der Waals surface area (Å²) in [5.74, 6) is 0.459. The molecule has 2 amide bonds. The molecule has 0 aliphatic carbocycles. The first kappa shape index (κ1) is 21.6. The van der Waals surface area contributed by atoms with Crippen molar-refractivity contribution in [1.29, 1.82) is 0 Å². The van der Waals surface area contributed by atoms with Crippen LogP contribution in [0.4, 0.5) is 17.1 Å². The van der Waals surface area contributed by atoms with Crippen LogP contribution in [0.5, 0.6) is 5.75 Å². The first-order chi connectivity index (χ1) is 15.5. The van der Waals surface area contributed by atoms with Gasteiger partial charge in [0, 0.05) is 6.54 Å². The summed E-state index contributed by atoms with van der Waals surface area (Å²) in [5.41, 5.74) is 3.22. The molecule has 0 bridgehead atoms. The summed E-state index contributed by atoms with van der Waals surface area (Å²) in [6.07, 6.45) is 1.16. The number of nitrogens with zero attached hydrogens (tertiary/aromatic N) is 2. The highest BCUT2D eigenvalue weighted by Crippen LogP contribution is 2.38. The summed E-state index contributed by atoms with van der Waals surface area (Å²) >= 11 is 0. The molecule has 6 nitrogen and oxygen atoms in total. The van der Waals surface area contributed by atoms with Gasteiger partial charge in [-0.2, -0.15) is 0 Å². The Morgan fingerprint density at radius 3 is 2.38 bits per heavy atom. The Labute approximate surface area is 188 Å². The zero-order valence-corrected chi connectivity index (χ0v) is 18.4. The van der Waals surface area contributed by atoms with Gasteiger partial charge in [-0.1, -0.05) is 36.4 Å². The average molecular weight is 430 g/mol. The van der Waals surface area contributed by atoms with Gasteiger partial charge in [0.15, 0.2) is 0 Å². The van der Waals surface area contributed by atoms with Gasteiger partial charge in [-0.15, -0.1) is 0 Å². The van der Waals surface area contributed by atoms with Gasteiger partial charge in [0.25, 0.3) is 5.91 Å². The van der Waals surface area contributed by atoms with E-state index in [9.17, 15) is 9.59 Å². The molecule has 0 atom stereocenters. The standard InChI is InChI=1S/C26H27N3O3/c1-28(2)16-7-17-32-20-14-12-19(13-15-20)18-25(30)29-23-10-5-3-8-21(23)26(31)27-22-9-4-6-11-24(22)29/h3-6,8-15H,7,16-18H2,1-2H3,(H,27,31). The Morgan fingerprint density at radius 1 is 0.938 bits per heavy atom. The van der Waals surface area contributed by atoms with E-state index in [1.807, 2.05) is 68.7 Å². The van der Waals surface area contributed by atoms with Crippen LogP contribution in [0.25, 0.3) is 0 Å². The summed E-state index contributed by atoms with van der Waals surface area (Å²) < 4.78 is 5.79. The number of para-hydroxylation sites is 3. The molecule has 0 fully saturated rings. The second-order valence-corrected chi connectivity index (χ2v) is 8.04. The van der Waals surface area contributed by atoms with Crippen molar-refractivity contribution in [3.8, 4) is 5.75 Å². The Kier molecular flexibility index (Phi) is 6.52. The van der Waals surface area contributed by atoms with E-state index in [1.54, 1.807) is 23.1 Å². The fraction of sp³-hybridized carbons (Fsp3) is 0.231. The van der Waals surface area contributed by atoms with Crippen molar-refractivity contribution >= 4 is 28.9 Å². The molecule has 0 saturated carbocycles. The van der Waals surface area contributed by atoms with E-state index in [4.69, 9.17) is 4.74 Å². The fourth-order valence-electron chi connectivity index (χ4n) is 3.75. The fourth-order valence-corrected chi connectivity index (χ4v) is 3.75. The third-order valence-corrected chi connectivity index (χ3v) is 5.33. The molecule has 0 spiro atoms. The zero-order chi connectivity index (χ0) is 22.5. The summed E-state index contributed by atoms with van der Waals surface area (Å²) in [4.78, 5) is 29.9.